The van der Waals surface area contributed by atoms with Crippen molar-refractivity contribution in [1.82, 2.24) is 9.80 Å². The van der Waals surface area contributed by atoms with Gasteiger partial charge in [-0.25, -0.2) is 0 Å². The van der Waals surface area contributed by atoms with Crippen LogP contribution >= 0.6 is 0 Å². The topological polar surface area (TPSA) is 36.0 Å². The van der Waals surface area contributed by atoms with Crippen LogP contribution in [-0.2, 0) is 4.79 Å². The van der Waals surface area contributed by atoms with Gasteiger partial charge in [0.15, 0.2) is 0 Å². The number of hydrogen-bond donors (Lipinski definition) is 0. The average Bonchev–Trinajstić information content (AvgIpc) is 3.23. The molecule has 152 valence electrons. The van der Waals surface area contributed by atoms with Crippen molar-refractivity contribution in [1.29, 1.82) is 0 Å². The van der Waals surface area contributed by atoms with Gasteiger partial charge in [0.1, 0.15) is 12.4 Å². The number of benzene rings is 2. The lowest BCUT2D eigenvalue weighted by molar-refractivity contribution is -0.119. The van der Waals surface area contributed by atoms with E-state index in [9.17, 15) is 4.79 Å². The second kappa shape index (κ2) is 7.47. The summed E-state index contributed by atoms with van der Waals surface area (Å²) >= 11 is 0. The number of anilines is 1. The van der Waals surface area contributed by atoms with Crippen LogP contribution in [0.3, 0.4) is 0 Å². The fraction of sp³-hybridized carbons (Fsp3) is 0.458. The first kappa shape index (κ1) is 18.6. The van der Waals surface area contributed by atoms with Gasteiger partial charge >= 0.3 is 0 Å². The Morgan fingerprint density at radius 2 is 1.86 bits per heavy atom. The zero-order valence-electron chi connectivity index (χ0n) is 17.3. The maximum Gasteiger partial charge on any atom is 0.241 e. The highest BCUT2D eigenvalue weighted by Crippen LogP contribution is 2.44. The summed E-state index contributed by atoms with van der Waals surface area (Å²) in [4.78, 5) is 19.9. The summed E-state index contributed by atoms with van der Waals surface area (Å²) in [6.07, 6.45) is 0. The van der Waals surface area contributed by atoms with Crippen LogP contribution in [0.1, 0.15) is 17.2 Å². The minimum atomic E-state index is 0.182. The first-order valence-electron chi connectivity index (χ1n) is 10.6. The number of rotatable bonds is 3. The first-order valence-corrected chi connectivity index (χ1v) is 10.6. The molecule has 0 aromatic heterocycles. The molecule has 5 heteroatoms. The Bertz CT molecular complexity index is 915. The lowest BCUT2D eigenvalue weighted by Crippen LogP contribution is -2.44. The molecule has 0 aliphatic carbocycles. The molecule has 1 amide bonds. The quantitative estimate of drug-likeness (QED) is 0.806. The van der Waals surface area contributed by atoms with Crippen LogP contribution in [-0.4, -0.2) is 62.1 Å². The molecule has 0 radical (unpaired) electrons. The smallest absolute Gasteiger partial charge is 0.241 e. The van der Waals surface area contributed by atoms with Crippen molar-refractivity contribution in [2.24, 2.45) is 11.8 Å². The molecule has 0 bridgehead atoms. The summed E-state index contributed by atoms with van der Waals surface area (Å²) in [5, 5.41) is 0. The molecule has 29 heavy (non-hydrogen) atoms. The van der Waals surface area contributed by atoms with Crippen LogP contribution in [0.15, 0.2) is 48.5 Å². The molecule has 0 saturated carbocycles. The molecule has 5 nitrogen and oxygen atoms in total. The summed E-state index contributed by atoms with van der Waals surface area (Å²) in [6, 6.07) is 17.0. The fourth-order valence-electron chi connectivity index (χ4n) is 5.57. The summed E-state index contributed by atoms with van der Waals surface area (Å²) in [5.41, 5.74) is 3.71. The molecule has 5 rings (SSSR count). The Labute approximate surface area is 172 Å². The van der Waals surface area contributed by atoms with E-state index in [1.54, 1.807) is 0 Å². The molecule has 3 aliphatic rings. The van der Waals surface area contributed by atoms with E-state index >= 15 is 0 Å². The maximum atomic E-state index is 13.1. The summed E-state index contributed by atoms with van der Waals surface area (Å²) < 4.78 is 5.71. The number of nitrogens with zero attached hydrogens (tertiary/aromatic N) is 3. The van der Waals surface area contributed by atoms with Crippen molar-refractivity contribution < 1.29 is 9.53 Å². The van der Waals surface area contributed by atoms with Crippen LogP contribution < -0.4 is 9.64 Å². The average molecular weight is 392 g/mol. The minimum Gasteiger partial charge on any atom is -0.490 e. The van der Waals surface area contributed by atoms with Gasteiger partial charge in [0, 0.05) is 25.7 Å². The Morgan fingerprint density at radius 1 is 1.07 bits per heavy atom. The van der Waals surface area contributed by atoms with Crippen molar-refractivity contribution >= 4 is 11.6 Å². The second-order valence-electron chi connectivity index (χ2n) is 8.72. The SMILES string of the molecule is Cc1ccccc1[C@@H]1[C@@H]2CN(CC(=O)N3CCOc4ccccc43)C[C@@H]2CN1C. The molecule has 0 unspecified atom stereocenters. The molecular weight excluding hydrogens is 362 g/mol. The van der Waals surface area contributed by atoms with Crippen LogP contribution in [0.25, 0.3) is 0 Å². The molecule has 0 spiro atoms. The zero-order chi connectivity index (χ0) is 20.0. The lowest BCUT2D eigenvalue weighted by Gasteiger charge is -2.31. The third-order valence-electron chi connectivity index (χ3n) is 6.87. The highest BCUT2D eigenvalue weighted by Gasteiger charge is 2.46. The number of likely N-dealkylation sites (tertiary alicyclic amines) is 2. The number of carbonyl (C=O) groups is 1. The van der Waals surface area contributed by atoms with E-state index in [0.717, 1.165) is 31.1 Å². The summed E-state index contributed by atoms with van der Waals surface area (Å²) in [5.74, 6) is 2.22. The van der Waals surface area contributed by atoms with E-state index in [-0.39, 0.29) is 5.91 Å². The predicted octanol–water partition coefficient (Wildman–Crippen LogP) is 2.96. The molecular formula is C24H29N3O2. The van der Waals surface area contributed by atoms with Crippen molar-refractivity contribution in [2.45, 2.75) is 13.0 Å². The molecule has 2 aromatic carbocycles. The highest BCUT2D eigenvalue weighted by atomic mass is 16.5. The minimum absolute atomic E-state index is 0.182. The van der Waals surface area contributed by atoms with Gasteiger partial charge in [-0.1, -0.05) is 36.4 Å². The largest absolute Gasteiger partial charge is 0.490 e. The molecule has 2 aromatic rings. The number of aryl methyl sites for hydroxylation is 1. The van der Waals surface area contributed by atoms with Crippen molar-refractivity contribution in [3.05, 3.63) is 59.7 Å². The Morgan fingerprint density at radius 3 is 2.72 bits per heavy atom. The van der Waals surface area contributed by atoms with Crippen LogP contribution in [0.2, 0.25) is 0 Å². The van der Waals surface area contributed by atoms with E-state index in [1.165, 1.54) is 11.1 Å². The van der Waals surface area contributed by atoms with Gasteiger partial charge in [0.05, 0.1) is 18.8 Å². The summed E-state index contributed by atoms with van der Waals surface area (Å²) in [6.45, 7) is 7.00. The van der Waals surface area contributed by atoms with E-state index < -0.39 is 0 Å². The van der Waals surface area contributed by atoms with Gasteiger partial charge in [-0.05, 0) is 49.1 Å². The maximum absolute atomic E-state index is 13.1. The molecule has 0 N–H and O–H groups in total. The fourth-order valence-corrected chi connectivity index (χ4v) is 5.57. The number of hydrogen-bond acceptors (Lipinski definition) is 4. The highest BCUT2D eigenvalue weighted by molar-refractivity contribution is 5.96. The van der Waals surface area contributed by atoms with E-state index in [1.807, 2.05) is 29.2 Å². The number of amides is 1. The van der Waals surface area contributed by atoms with E-state index in [0.29, 0.717) is 37.6 Å². The molecule has 2 fully saturated rings. The molecule has 3 atom stereocenters. The first-order chi connectivity index (χ1) is 14.1. The van der Waals surface area contributed by atoms with E-state index in [4.69, 9.17) is 4.74 Å². The third kappa shape index (κ3) is 3.32. The summed E-state index contributed by atoms with van der Waals surface area (Å²) in [7, 11) is 2.25. The third-order valence-corrected chi connectivity index (χ3v) is 6.87. The van der Waals surface area contributed by atoms with Crippen molar-refractivity contribution in [3.8, 4) is 5.75 Å². The number of carbonyl (C=O) groups excluding carboxylic acids is 1. The van der Waals surface area contributed by atoms with Gasteiger partial charge in [0.25, 0.3) is 0 Å². The van der Waals surface area contributed by atoms with Gasteiger partial charge in [-0.2, -0.15) is 0 Å². The lowest BCUT2D eigenvalue weighted by atomic mass is 9.88. The number of para-hydroxylation sites is 2. The standard InChI is InChI=1S/C24H29N3O2/c1-17-7-3-4-8-19(17)24-20-15-26(14-18(20)13-25(24)2)16-23(28)27-11-12-29-22-10-6-5-9-21(22)27/h3-10,18,20,24H,11-16H2,1-2H3/t18-,20+,24+/m0/s1. The molecule has 3 heterocycles. The van der Waals surface area contributed by atoms with E-state index in [2.05, 4.69) is 48.0 Å². The van der Waals surface area contributed by atoms with Gasteiger partial charge in [-0.15, -0.1) is 0 Å². The Kier molecular flexibility index (Phi) is 4.80. The van der Waals surface area contributed by atoms with Gasteiger partial charge in [-0.3, -0.25) is 14.6 Å². The van der Waals surface area contributed by atoms with Gasteiger partial charge in [0.2, 0.25) is 5.91 Å². The molecule has 3 aliphatic heterocycles. The van der Waals surface area contributed by atoms with Gasteiger partial charge < -0.3 is 9.64 Å². The number of fused-ring (bicyclic) bond motifs is 2. The zero-order valence-corrected chi connectivity index (χ0v) is 17.3. The van der Waals surface area contributed by atoms with Crippen LogP contribution in [0, 0.1) is 18.8 Å². The predicted molar refractivity (Wildman–Crippen MR) is 114 cm³/mol. The second-order valence-corrected chi connectivity index (χ2v) is 8.72. The Hall–Kier alpha value is -2.37. The number of ether oxygens (including phenoxy) is 1. The van der Waals surface area contributed by atoms with Crippen molar-refractivity contribution in [2.75, 3.05) is 51.3 Å². The molecule has 2 saturated heterocycles. The van der Waals surface area contributed by atoms with Crippen molar-refractivity contribution in [3.63, 3.8) is 0 Å². The van der Waals surface area contributed by atoms with Crippen LogP contribution in [0.4, 0.5) is 5.69 Å². The normalized spacial score (nSPS) is 26.8. The monoisotopic (exact) mass is 391 g/mol. The Balaban J connectivity index is 1.30. The van der Waals surface area contributed by atoms with Crippen LogP contribution in [0.5, 0.6) is 5.75 Å².